The number of likely N-dealkylation sites (tertiary alicyclic amines) is 1. The number of aromatic nitrogens is 2. The van der Waals surface area contributed by atoms with Crippen LogP contribution < -0.4 is 0 Å². The zero-order valence-electron chi connectivity index (χ0n) is 12.6. The standard InChI is InChI=1S/C15H24N4O2/c1-12(15(20)19-6-8-21-9-7-19)18-4-2-13(3-5-18)14-10-16-17-11-14/h10-13H,2-9H2,1H3,(H,16,17)/t12-/m1/s1. The largest absolute Gasteiger partial charge is 0.378 e. The maximum absolute atomic E-state index is 12.5. The first kappa shape index (κ1) is 14.5. The Hall–Kier alpha value is -1.40. The molecule has 0 aliphatic carbocycles. The molecule has 0 aromatic carbocycles. The molecule has 0 spiro atoms. The van der Waals surface area contributed by atoms with E-state index in [-0.39, 0.29) is 11.9 Å². The van der Waals surface area contributed by atoms with Crippen molar-refractivity contribution < 1.29 is 9.53 Å². The van der Waals surface area contributed by atoms with Gasteiger partial charge in [-0.15, -0.1) is 0 Å². The second-order valence-corrected chi connectivity index (χ2v) is 5.96. The van der Waals surface area contributed by atoms with E-state index in [1.807, 2.05) is 24.2 Å². The summed E-state index contributed by atoms with van der Waals surface area (Å²) in [5.74, 6) is 0.825. The number of H-pyrrole nitrogens is 1. The maximum Gasteiger partial charge on any atom is 0.239 e. The molecule has 3 rings (SSSR count). The van der Waals surface area contributed by atoms with E-state index in [4.69, 9.17) is 4.74 Å². The molecule has 1 aromatic rings. The Kier molecular flexibility index (Phi) is 4.55. The Morgan fingerprint density at radius 1 is 1.33 bits per heavy atom. The van der Waals surface area contributed by atoms with Crippen molar-refractivity contribution in [3.8, 4) is 0 Å². The van der Waals surface area contributed by atoms with Gasteiger partial charge in [-0.05, 0) is 44.3 Å². The minimum Gasteiger partial charge on any atom is -0.378 e. The van der Waals surface area contributed by atoms with Gasteiger partial charge in [0.05, 0.1) is 25.5 Å². The first-order valence-electron chi connectivity index (χ1n) is 7.85. The Balaban J connectivity index is 1.52. The van der Waals surface area contributed by atoms with Crippen molar-refractivity contribution in [2.45, 2.75) is 31.7 Å². The summed E-state index contributed by atoms with van der Waals surface area (Å²) >= 11 is 0. The highest BCUT2D eigenvalue weighted by Gasteiger charge is 2.30. The number of carbonyl (C=O) groups excluding carboxylic acids is 1. The summed E-state index contributed by atoms with van der Waals surface area (Å²) in [7, 11) is 0. The minimum atomic E-state index is -0.0200. The molecule has 2 aliphatic heterocycles. The number of morpholine rings is 1. The van der Waals surface area contributed by atoms with Crippen molar-refractivity contribution in [1.82, 2.24) is 20.0 Å². The Morgan fingerprint density at radius 2 is 2.05 bits per heavy atom. The molecule has 0 saturated carbocycles. The molecular formula is C15H24N4O2. The van der Waals surface area contributed by atoms with Crippen molar-refractivity contribution >= 4 is 5.91 Å². The molecule has 2 saturated heterocycles. The molecule has 1 aromatic heterocycles. The van der Waals surface area contributed by atoms with Gasteiger partial charge >= 0.3 is 0 Å². The van der Waals surface area contributed by atoms with Crippen molar-refractivity contribution in [1.29, 1.82) is 0 Å². The summed E-state index contributed by atoms with van der Waals surface area (Å²) in [5.41, 5.74) is 1.29. The van der Waals surface area contributed by atoms with Crippen LogP contribution in [0.2, 0.25) is 0 Å². The van der Waals surface area contributed by atoms with Crippen LogP contribution in [0.5, 0.6) is 0 Å². The van der Waals surface area contributed by atoms with E-state index in [2.05, 4.69) is 15.1 Å². The third-order valence-electron chi connectivity index (χ3n) is 4.75. The van der Waals surface area contributed by atoms with Gasteiger partial charge in [0.2, 0.25) is 5.91 Å². The number of ether oxygens (including phenoxy) is 1. The number of piperidine rings is 1. The highest BCUT2D eigenvalue weighted by molar-refractivity contribution is 5.81. The molecule has 2 fully saturated rings. The first-order chi connectivity index (χ1) is 10.3. The normalized spacial score (nSPS) is 23.2. The van der Waals surface area contributed by atoms with E-state index < -0.39 is 0 Å². The summed E-state index contributed by atoms with van der Waals surface area (Å²) in [6.07, 6.45) is 6.10. The molecule has 0 bridgehead atoms. The Labute approximate surface area is 125 Å². The zero-order chi connectivity index (χ0) is 14.7. The fourth-order valence-corrected chi connectivity index (χ4v) is 3.31. The molecule has 1 atom stereocenters. The number of rotatable bonds is 3. The summed E-state index contributed by atoms with van der Waals surface area (Å²) in [6, 6.07) is -0.0200. The van der Waals surface area contributed by atoms with Gasteiger partial charge < -0.3 is 9.64 Å². The molecule has 1 amide bonds. The Bertz CT molecular complexity index is 448. The van der Waals surface area contributed by atoms with E-state index in [1.165, 1.54) is 5.56 Å². The SMILES string of the molecule is C[C@H](C(=O)N1CCOCC1)N1CCC(c2cn[nH]c2)CC1. The highest BCUT2D eigenvalue weighted by atomic mass is 16.5. The minimum absolute atomic E-state index is 0.0200. The lowest BCUT2D eigenvalue weighted by Crippen LogP contribution is -2.52. The lowest BCUT2D eigenvalue weighted by atomic mass is 9.91. The average molecular weight is 292 g/mol. The average Bonchev–Trinajstić information content (AvgIpc) is 3.09. The van der Waals surface area contributed by atoms with Gasteiger partial charge in [-0.1, -0.05) is 0 Å². The fourth-order valence-electron chi connectivity index (χ4n) is 3.31. The maximum atomic E-state index is 12.5. The van der Waals surface area contributed by atoms with Gasteiger partial charge in [-0.3, -0.25) is 14.8 Å². The monoisotopic (exact) mass is 292 g/mol. The predicted molar refractivity (Wildman–Crippen MR) is 79.0 cm³/mol. The smallest absolute Gasteiger partial charge is 0.239 e. The van der Waals surface area contributed by atoms with Crippen molar-refractivity contribution in [3.05, 3.63) is 18.0 Å². The lowest BCUT2D eigenvalue weighted by molar-refractivity contribution is -0.140. The molecular weight excluding hydrogens is 268 g/mol. The van der Waals surface area contributed by atoms with Gasteiger partial charge in [-0.2, -0.15) is 5.10 Å². The first-order valence-corrected chi connectivity index (χ1v) is 7.85. The van der Waals surface area contributed by atoms with E-state index in [1.54, 1.807) is 0 Å². The third kappa shape index (κ3) is 3.27. The number of hydrogen-bond donors (Lipinski definition) is 1. The highest BCUT2D eigenvalue weighted by Crippen LogP contribution is 2.28. The van der Waals surface area contributed by atoms with Crippen LogP contribution in [0.15, 0.2) is 12.4 Å². The van der Waals surface area contributed by atoms with E-state index >= 15 is 0 Å². The van der Waals surface area contributed by atoms with Gasteiger partial charge in [-0.25, -0.2) is 0 Å². The lowest BCUT2D eigenvalue weighted by Gasteiger charge is -2.38. The number of hydrogen-bond acceptors (Lipinski definition) is 4. The molecule has 21 heavy (non-hydrogen) atoms. The predicted octanol–water partition coefficient (Wildman–Crippen LogP) is 0.836. The van der Waals surface area contributed by atoms with Crippen molar-refractivity contribution in [2.75, 3.05) is 39.4 Å². The third-order valence-corrected chi connectivity index (χ3v) is 4.75. The van der Waals surface area contributed by atoms with Crippen LogP contribution in [-0.4, -0.2) is 71.3 Å². The topological polar surface area (TPSA) is 61.5 Å². The number of nitrogens with one attached hydrogen (secondary N) is 1. The molecule has 1 N–H and O–H groups in total. The number of nitrogens with zero attached hydrogens (tertiary/aromatic N) is 3. The molecule has 6 nitrogen and oxygen atoms in total. The van der Waals surface area contributed by atoms with E-state index in [0.717, 1.165) is 39.0 Å². The molecule has 0 radical (unpaired) electrons. The van der Waals surface area contributed by atoms with Gasteiger partial charge in [0, 0.05) is 19.3 Å². The number of amides is 1. The molecule has 2 aliphatic rings. The van der Waals surface area contributed by atoms with Gasteiger partial charge in [0.15, 0.2) is 0 Å². The van der Waals surface area contributed by atoms with Crippen LogP contribution in [0.4, 0.5) is 0 Å². The van der Waals surface area contributed by atoms with Crippen molar-refractivity contribution in [2.24, 2.45) is 0 Å². The second-order valence-electron chi connectivity index (χ2n) is 5.96. The number of aromatic amines is 1. The molecule has 0 unspecified atom stereocenters. The Morgan fingerprint density at radius 3 is 2.67 bits per heavy atom. The fraction of sp³-hybridized carbons (Fsp3) is 0.733. The number of carbonyl (C=O) groups is 1. The van der Waals surface area contributed by atoms with Crippen LogP contribution in [-0.2, 0) is 9.53 Å². The second kappa shape index (κ2) is 6.58. The molecule has 116 valence electrons. The van der Waals surface area contributed by atoms with Crippen LogP contribution in [0.25, 0.3) is 0 Å². The quantitative estimate of drug-likeness (QED) is 0.896. The summed E-state index contributed by atoms with van der Waals surface area (Å²) in [6.45, 7) is 6.79. The van der Waals surface area contributed by atoms with Crippen molar-refractivity contribution in [3.63, 3.8) is 0 Å². The zero-order valence-corrected chi connectivity index (χ0v) is 12.6. The van der Waals surface area contributed by atoms with E-state index in [0.29, 0.717) is 19.1 Å². The van der Waals surface area contributed by atoms with E-state index in [9.17, 15) is 4.79 Å². The summed E-state index contributed by atoms with van der Waals surface area (Å²) in [4.78, 5) is 16.8. The van der Waals surface area contributed by atoms with Crippen LogP contribution >= 0.6 is 0 Å². The van der Waals surface area contributed by atoms with Crippen LogP contribution in [0.1, 0.15) is 31.2 Å². The van der Waals surface area contributed by atoms with Gasteiger partial charge in [0.25, 0.3) is 0 Å². The van der Waals surface area contributed by atoms with Crippen LogP contribution in [0, 0.1) is 0 Å². The molecule has 6 heteroatoms. The summed E-state index contributed by atoms with van der Waals surface area (Å²) < 4.78 is 5.31. The summed E-state index contributed by atoms with van der Waals surface area (Å²) in [5, 5.41) is 6.92. The molecule has 3 heterocycles. The van der Waals surface area contributed by atoms with Crippen LogP contribution in [0.3, 0.4) is 0 Å². The van der Waals surface area contributed by atoms with Gasteiger partial charge in [0.1, 0.15) is 0 Å².